The maximum atomic E-state index is 12.4. The standard InChI is InChI=1S/C7H3F2IN2O3/c8-7(9)6-3(2-13)4(12(14)15)1-5(10)11-6/h1-2,7H. The second-order valence-electron chi connectivity index (χ2n) is 2.44. The van der Waals surface area contributed by atoms with Crippen LogP contribution in [0, 0.1) is 13.8 Å². The second kappa shape index (κ2) is 4.55. The molecule has 0 spiro atoms. The number of nitro groups is 1. The monoisotopic (exact) mass is 328 g/mol. The topological polar surface area (TPSA) is 73.1 Å². The molecule has 0 aromatic carbocycles. The van der Waals surface area contributed by atoms with Crippen molar-refractivity contribution < 1.29 is 18.5 Å². The fourth-order valence-electron chi connectivity index (χ4n) is 0.967. The fourth-order valence-corrected chi connectivity index (χ4v) is 1.52. The van der Waals surface area contributed by atoms with Crippen molar-refractivity contribution >= 4 is 34.6 Å². The van der Waals surface area contributed by atoms with Crippen LogP contribution in [0.4, 0.5) is 14.5 Å². The van der Waals surface area contributed by atoms with Gasteiger partial charge in [-0.25, -0.2) is 13.8 Å². The van der Waals surface area contributed by atoms with Gasteiger partial charge in [0.15, 0.2) is 6.29 Å². The van der Waals surface area contributed by atoms with Crippen LogP contribution < -0.4 is 0 Å². The number of carbonyl (C=O) groups excluding carboxylic acids is 1. The van der Waals surface area contributed by atoms with Gasteiger partial charge in [-0.3, -0.25) is 14.9 Å². The van der Waals surface area contributed by atoms with Gasteiger partial charge in [0.05, 0.1) is 4.92 Å². The highest BCUT2D eigenvalue weighted by molar-refractivity contribution is 14.1. The summed E-state index contributed by atoms with van der Waals surface area (Å²) in [6, 6.07) is 0.968. The van der Waals surface area contributed by atoms with Crippen molar-refractivity contribution in [1.29, 1.82) is 0 Å². The van der Waals surface area contributed by atoms with Crippen molar-refractivity contribution in [3.05, 3.63) is 31.1 Å². The van der Waals surface area contributed by atoms with Crippen molar-refractivity contribution in [2.45, 2.75) is 6.43 Å². The number of rotatable bonds is 3. The highest BCUT2D eigenvalue weighted by atomic mass is 127. The van der Waals surface area contributed by atoms with Crippen LogP contribution >= 0.6 is 22.6 Å². The summed E-state index contributed by atoms with van der Waals surface area (Å²) in [5, 5.41) is 10.5. The Hall–Kier alpha value is -1.19. The van der Waals surface area contributed by atoms with Gasteiger partial charge in [-0.1, -0.05) is 0 Å². The number of aldehydes is 1. The molecule has 0 atom stereocenters. The van der Waals surface area contributed by atoms with E-state index in [-0.39, 0.29) is 9.99 Å². The molecule has 0 unspecified atom stereocenters. The molecule has 1 aromatic rings. The Bertz CT molecular complexity index is 425. The van der Waals surface area contributed by atoms with Crippen LogP contribution in [-0.2, 0) is 0 Å². The van der Waals surface area contributed by atoms with E-state index in [1.54, 1.807) is 22.6 Å². The highest BCUT2D eigenvalue weighted by Gasteiger charge is 2.25. The van der Waals surface area contributed by atoms with E-state index >= 15 is 0 Å². The minimum atomic E-state index is -3.02. The van der Waals surface area contributed by atoms with Crippen LogP contribution in [0.2, 0.25) is 0 Å². The lowest BCUT2D eigenvalue weighted by Gasteiger charge is -2.03. The van der Waals surface area contributed by atoms with Crippen LogP contribution in [0.3, 0.4) is 0 Å². The van der Waals surface area contributed by atoms with Gasteiger partial charge in [0, 0.05) is 6.07 Å². The Kier molecular flexibility index (Phi) is 3.61. The summed E-state index contributed by atoms with van der Waals surface area (Å²) in [6.07, 6.45) is -3.00. The van der Waals surface area contributed by atoms with Crippen LogP contribution in [0.5, 0.6) is 0 Å². The van der Waals surface area contributed by atoms with Gasteiger partial charge in [0.25, 0.3) is 12.1 Å². The lowest BCUT2D eigenvalue weighted by atomic mass is 10.2. The Morgan fingerprint density at radius 2 is 2.20 bits per heavy atom. The Morgan fingerprint density at radius 1 is 1.60 bits per heavy atom. The first-order valence-corrected chi connectivity index (χ1v) is 4.63. The summed E-state index contributed by atoms with van der Waals surface area (Å²) in [4.78, 5) is 23.5. The lowest BCUT2D eigenvalue weighted by molar-refractivity contribution is -0.385. The molecule has 0 aliphatic rings. The van der Waals surface area contributed by atoms with Gasteiger partial charge >= 0.3 is 0 Å². The van der Waals surface area contributed by atoms with Crippen LogP contribution in [0.25, 0.3) is 0 Å². The third kappa shape index (κ3) is 2.43. The number of hydrogen-bond donors (Lipinski definition) is 0. The van der Waals surface area contributed by atoms with Crippen molar-refractivity contribution in [2.24, 2.45) is 0 Å². The molecule has 0 N–H and O–H groups in total. The van der Waals surface area contributed by atoms with E-state index < -0.39 is 28.3 Å². The molecule has 0 radical (unpaired) electrons. The fraction of sp³-hybridized carbons (Fsp3) is 0.143. The van der Waals surface area contributed by atoms with Crippen molar-refractivity contribution in [2.75, 3.05) is 0 Å². The summed E-state index contributed by atoms with van der Waals surface area (Å²) in [5.41, 5.74) is -2.18. The second-order valence-corrected chi connectivity index (χ2v) is 3.54. The number of nitrogens with zero attached hydrogens (tertiary/aromatic N) is 2. The average molecular weight is 328 g/mol. The molecule has 0 saturated carbocycles. The van der Waals surface area contributed by atoms with Gasteiger partial charge in [-0.05, 0) is 22.6 Å². The number of pyridine rings is 1. The molecule has 5 nitrogen and oxygen atoms in total. The molecule has 0 fully saturated rings. The molecule has 1 heterocycles. The smallest absolute Gasteiger partial charge is 0.284 e. The number of halogens is 3. The predicted octanol–water partition coefficient (Wildman–Crippen LogP) is 2.34. The molecule has 0 amide bonds. The van der Waals surface area contributed by atoms with Gasteiger partial charge in [-0.15, -0.1) is 0 Å². The molecule has 0 aliphatic heterocycles. The van der Waals surface area contributed by atoms with Gasteiger partial charge in [-0.2, -0.15) is 0 Å². The van der Waals surface area contributed by atoms with Crippen LogP contribution in [-0.4, -0.2) is 16.2 Å². The van der Waals surface area contributed by atoms with Gasteiger partial charge in [0.2, 0.25) is 0 Å². The quantitative estimate of drug-likeness (QED) is 0.281. The van der Waals surface area contributed by atoms with Crippen molar-refractivity contribution in [1.82, 2.24) is 4.98 Å². The molecule has 15 heavy (non-hydrogen) atoms. The third-order valence-electron chi connectivity index (χ3n) is 1.56. The third-order valence-corrected chi connectivity index (χ3v) is 2.11. The summed E-state index contributed by atoms with van der Waals surface area (Å²) in [5.74, 6) is 0. The van der Waals surface area contributed by atoms with Crippen molar-refractivity contribution in [3.8, 4) is 0 Å². The molecule has 80 valence electrons. The Balaban J connectivity index is 3.52. The van der Waals surface area contributed by atoms with E-state index in [1.165, 1.54) is 0 Å². The number of aromatic nitrogens is 1. The van der Waals surface area contributed by atoms with E-state index in [0.29, 0.717) is 0 Å². The maximum absolute atomic E-state index is 12.4. The summed E-state index contributed by atoms with van der Waals surface area (Å²) in [6.45, 7) is 0. The van der Waals surface area contributed by atoms with E-state index in [4.69, 9.17) is 0 Å². The minimum absolute atomic E-state index is 0.0166. The van der Waals surface area contributed by atoms with E-state index in [9.17, 15) is 23.7 Å². The van der Waals surface area contributed by atoms with Gasteiger partial charge in [0.1, 0.15) is 15.0 Å². The van der Waals surface area contributed by atoms with Gasteiger partial charge < -0.3 is 0 Å². The number of alkyl halides is 2. The summed E-state index contributed by atoms with van der Waals surface area (Å²) in [7, 11) is 0. The molecule has 1 rings (SSSR count). The SMILES string of the molecule is O=Cc1c([N+](=O)[O-])cc(I)nc1C(F)F. The zero-order chi connectivity index (χ0) is 11.6. The lowest BCUT2D eigenvalue weighted by Crippen LogP contribution is -2.04. The minimum Gasteiger partial charge on any atom is -0.298 e. The number of hydrogen-bond acceptors (Lipinski definition) is 4. The van der Waals surface area contributed by atoms with Crippen LogP contribution in [0.15, 0.2) is 6.07 Å². The Labute approximate surface area is 95.8 Å². The predicted molar refractivity (Wildman–Crippen MR) is 54.0 cm³/mol. The molecule has 1 aromatic heterocycles. The first-order valence-electron chi connectivity index (χ1n) is 3.55. The number of carbonyl (C=O) groups is 1. The average Bonchev–Trinajstić information content (AvgIpc) is 2.16. The summed E-state index contributed by atoms with van der Waals surface area (Å²) >= 11 is 1.57. The maximum Gasteiger partial charge on any atom is 0.284 e. The molecule has 8 heteroatoms. The zero-order valence-electron chi connectivity index (χ0n) is 6.99. The largest absolute Gasteiger partial charge is 0.298 e. The Morgan fingerprint density at radius 3 is 2.60 bits per heavy atom. The molecular formula is C7H3F2IN2O3. The highest BCUT2D eigenvalue weighted by Crippen LogP contribution is 2.28. The van der Waals surface area contributed by atoms with E-state index in [0.717, 1.165) is 6.07 Å². The van der Waals surface area contributed by atoms with E-state index in [1.807, 2.05) is 0 Å². The van der Waals surface area contributed by atoms with E-state index in [2.05, 4.69) is 4.98 Å². The normalized spacial score (nSPS) is 10.4. The summed E-state index contributed by atoms with van der Waals surface area (Å²) < 4.78 is 24.8. The molecular weight excluding hydrogens is 325 g/mol. The van der Waals surface area contributed by atoms with Crippen molar-refractivity contribution in [3.63, 3.8) is 0 Å². The van der Waals surface area contributed by atoms with Crippen LogP contribution in [0.1, 0.15) is 22.5 Å². The first kappa shape index (κ1) is 11.9. The molecule has 0 bridgehead atoms. The molecule has 0 saturated heterocycles. The zero-order valence-corrected chi connectivity index (χ0v) is 9.14. The first-order chi connectivity index (χ1) is 6.97. The molecule has 0 aliphatic carbocycles.